The minimum absolute atomic E-state index is 0.153. The average Bonchev–Trinajstić information content (AvgIpc) is 2.69. The smallest absolute Gasteiger partial charge is 0.161 e. The normalized spacial score (nSPS) is 18.8. The molecular formula is C23H19NO3. The van der Waals surface area contributed by atoms with Crippen molar-refractivity contribution >= 4 is 27.8 Å². The third-order valence-electron chi connectivity index (χ3n) is 5.62. The number of nitrogens with one attached hydrogen (secondary N) is 1. The van der Waals surface area contributed by atoms with E-state index in [0.29, 0.717) is 6.42 Å². The minimum Gasteiger partial charge on any atom is -0.504 e. The van der Waals surface area contributed by atoms with Crippen LogP contribution in [0.1, 0.15) is 36.4 Å². The molecule has 0 aromatic heterocycles. The van der Waals surface area contributed by atoms with Crippen molar-refractivity contribution in [2.45, 2.75) is 25.3 Å². The highest BCUT2D eigenvalue weighted by molar-refractivity contribution is 6.11. The highest BCUT2D eigenvalue weighted by atomic mass is 16.3. The van der Waals surface area contributed by atoms with E-state index >= 15 is 0 Å². The second-order valence-corrected chi connectivity index (χ2v) is 7.20. The van der Waals surface area contributed by atoms with E-state index < -0.39 is 0 Å². The predicted molar refractivity (Wildman–Crippen MR) is 106 cm³/mol. The van der Waals surface area contributed by atoms with Gasteiger partial charge in [-0.25, -0.2) is 0 Å². The number of fused-ring (bicyclic) bond motifs is 4. The van der Waals surface area contributed by atoms with Crippen molar-refractivity contribution in [2.24, 2.45) is 0 Å². The Morgan fingerprint density at radius 2 is 1.78 bits per heavy atom. The Hall–Kier alpha value is -3.27. The SMILES string of the molecule is O=C1CCCC2=C1C(c1ccc(O)c(O)c1)Nc1c2ccc2ccccc12. The van der Waals surface area contributed by atoms with Gasteiger partial charge in [0.1, 0.15) is 0 Å². The summed E-state index contributed by atoms with van der Waals surface area (Å²) in [6.07, 6.45) is 2.27. The number of ketones is 1. The van der Waals surface area contributed by atoms with E-state index in [0.717, 1.165) is 51.6 Å². The summed E-state index contributed by atoms with van der Waals surface area (Å²) in [4.78, 5) is 12.8. The molecule has 4 nitrogen and oxygen atoms in total. The molecule has 0 radical (unpaired) electrons. The molecule has 0 spiro atoms. The topological polar surface area (TPSA) is 69.6 Å². The molecule has 3 N–H and O–H groups in total. The summed E-state index contributed by atoms with van der Waals surface area (Å²) >= 11 is 0. The number of carbonyl (C=O) groups is 1. The number of carbonyl (C=O) groups excluding carboxylic acids is 1. The number of phenols is 2. The summed E-state index contributed by atoms with van der Waals surface area (Å²) < 4.78 is 0. The lowest BCUT2D eigenvalue weighted by molar-refractivity contribution is -0.116. The van der Waals surface area contributed by atoms with Crippen LogP contribution in [0.4, 0.5) is 5.69 Å². The van der Waals surface area contributed by atoms with E-state index in [1.54, 1.807) is 6.07 Å². The van der Waals surface area contributed by atoms with Crippen LogP contribution in [0.2, 0.25) is 0 Å². The summed E-state index contributed by atoms with van der Waals surface area (Å²) in [6, 6.07) is 16.8. The van der Waals surface area contributed by atoms with Crippen LogP contribution in [0.5, 0.6) is 11.5 Å². The number of rotatable bonds is 1. The largest absolute Gasteiger partial charge is 0.504 e. The second-order valence-electron chi connectivity index (χ2n) is 7.20. The van der Waals surface area contributed by atoms with Crippen LogP contribution in [0.15, 0.2) is 60.2 Å². The van der Waals surface area contributed by atoms with Crippen molar-refractivity contribution in [2.75, 3.05) is 5.32 Å². The van der Waals surface area contributed by atoms with Crippen LogP contribution in [-0.4, -0.2) is 16.0 Å². The summed E-state index contributed by atoms with van der Waals surface area (Å²) in [5, 5.41) is 25.5. The first-order valence-electron chi connectivity index (χ1n) is 9.20. The van der Waals surface area contributed by atoms with Crippen molar-refractivity contribution in [3.8, 4) is 11.5 Å². The lowest BCUT2D eigenvalue weighted by Gasteiger charge is -2.35. The molecule has 2 aliphatic rings. The zero-order valence-corrected chi connectivity index (χ0v) is 14.7. The maximum absolute atomic E-state index is 12.8. The Bertz CT molecular complexity index is 1130. The molecule has 3 aromatic carbocycles. The Morgan fingerprint density at radius 1 is 0.926 bits per heavy atom. The number of phenolic OH excluding ortho intramolecular Hbond substituents is 2. The Kier molecular flexibility index (Phi) is 3.47. The van der Waals surface area contributed by atoms with E-state index in [9.17, 15) is 15.0 Å². The molecule has 5 rings (SSSR count). The van der Waals surface area contributed by atoms with Gasteiger partial charge in [0.2, 0.25) is 0 Å². The highest BCUT2D eigenvalue weighted by Gasteiger charge is 2.34. The summed E-state index contributed by atoms with van der Waals surface area (Å²) in [6.45, 7) is 0. The number of hydrogen-bond donors (Lipinski definition) is 3. The van der Waals surface area contributed by atoms with Crippen molar-refractivity contribution in [3.63, 3.8) is 0 Å². The van der Waals surface area contributed by atoms with Gasteiger partial charge in [0.25, 0.3) is 0 Å². The van der Waals surface area contributed by atoms with E-state index in [-0.39, 0.29) is 23.3 Å². The van der Waals surface area contributed by atoms with Crippen molar-refractivity contribution in [1.82, 2.24) is 0 Å². The fourth-order valence-corrected chi connectivity index (χ4v) is 4.34. The van der Waals surface area contributed by atoms with E-state index in [1.807, 2.05) is 12.1 Å². The van der Waals surface area contributed by atoms with E-state index in [1.165, 1.54) is 12.1 Å². The van der Waals surface area contributed by atoms with Gasteiger partial charge < -0.3 is 15.5 Å². The second kappa shape index (κ2) is 5.88. The lowest BCUT2D eigenvalue weighted by Crippen LogP contribution is -2.27. The van der Waals surface area contributed by atoms with Crippen molar-refractivity contribution in [1.29, 1.82) is 0 Å². The van der Waals surface area contributed by atoms with Crippen LogP contribution < -0.4 is 5.32 Å². The molecule has 1 aliphatic carbocycles. The first-order valence-corrected chi connectivity index (χ1v) is 9.20. The van der Waals surface area contributed by atoms with Gasteiger partial charge >= 0.3 is 0 Å². The fourth-order valence-electron chi connectivity index (χ4n) is 4.34. The van der Waals surface area contributed by atoms with Crippen molar-refractivity contribution in [3.05, 3.63) is 71.3 Å². The Balaban J connectivity index is 1.77. The molecule has 0 amide bonds. The Morgan fingerprint density at radius 3 is 2.63 bits per heavy atom. The molecular weight excluding hydrogens is 338 g/mol. The molecule has 1 atom stereocenters. The molecule has 1 unspecified atom stereocenters. The third-order valence-corrected chi connectivity index (χ3v) is 5.62. The fraction of sp³-hybridized carbons (Fsp3) is 0.174. The average molecular weight is 357 g/mol. The quantitative estimate of drug-likeness (QED) is 0.541. The predicted octanol–water partition coefficient (Wildman–Crippen LogP) is 4.92. The van der Waals surface area contributed by atoms with Crippen LogP contribution >= 0.6 is 0 Å². The lowest BCUT2D eigenvalue weighted by atomic mass is 9.77. The van der Waals surface area contributed by atoms with Crippen LogP contribution in [0, 0.1) is 0 Å². The molecule has 3 aromatic rings. The number of benzene rings is 3. The summed E-state index contributed by atoms with van der Waals surface area (Å²) in [5.74, 6) is -0.187. The van der Waals surface area contributed by atoms with Gasteiger partial charge in [-0.1, -0.05) is 42.5 Å². The van der Waals surface area contributed by atoms with Gasteiger partial charge in [-0.05, 0) is 41.5 Å². The van der Waals surface area contributed by atoms with Gasteiger partial charge in [-0.2, -0.15) is 0 Å². The standard InChI is InChI=1S/C23H19NO3/c25-18-11-9-14(12-20(18)27)22-21-16(6-3-7-19(21)26)17-10-8-13-4-1-2-5-15(13)23(17)24-22/h1-2,4-5,8-12,22,24-25,27H,3,6-7H2. The zero-order valence-electron chi connectivity index (χ0n) is 14.7. The van der Waals surface area contributed by atoms with Crippen molar-refractivity contribution < 1.29 is 15.0 Å². The van der Waals surface area contributed by atoms with Gasteiger partial charge in [0.05, 0.1) is 11.7 Å². The molecule has 27 heavy (non-hydrogen) atoms. The highest BCUT2D eigenvalue weighted by Crippen LogP contribution is 2.48. The molecule has 0 saturated heterocycles. The van der Waals surface area contributed by atoms with Gasteiger partial charge in [0, 0.05) is 22.9 Å². The third kappa shape index (κ3) is 2.40. The number of Topliss-reactive ketones (excluding diaryl/α,β-unsaturated/α-hetero) is 1. The number of allylic oxidation sites excluding steroid dienone is 1. The molecule has 1 aliphatic heterocycles. The van der Waals surface area contributed by atoms with E-state index in [4.69, 9.17) is 0 Å². The molecule has 1 heterocycles. The van der Waals surface area contributed by atoms with Crippen LogP contribution in [0.3, 0.4) is 0 Å². The number of hydrogen-bond acceptors (Lipinski definition) is 4. The molecule has 0 fully saturated rings. The Labute approximate surface area is 156 Å². The van der Waals surface area contributed by atoms with Gasteiger partial charge in [-0.15, -0.1) is 0 Å². The monoisotopic (exact) mass is 357 g/mol. The summed E-state index contributed by atoms with van der Waals surface area (Å²) in [7, 11) is 0. The van der Waals surface area contributed by atoms with Gasteiger partial charge in [0.15, 0.2) is 17.3 Å². The first-order chi connectivity index (χ1) is 13.1. The van der Waals surface area contributed by atoms with Gasteiger partial charge in [-0.3, -0.25) is 4.79 Å². The molecule has 0 saturated carbocycles. The van der Waals surface area contributed by atoms with Crippen LogP contribution in [0.25, 0.3) is 16.3 Å². The maximum atomic E-state index is 12.8. The molecule has 134 valence electrons. The van der Waals surface area contributed by atoms with E-state index in [2.05, 4.69) is 29.6 Å². The molecule has 4 heteroatoms. The number of anilines is 1. The minimum atomic E-state index is -0.336. The maximum Gasteiger partial charge on any atom is 0.161 e. The van der Waals surface area contributed by atoms with Crippen LogP contribution in [-0.2, 0) is 4.79 Å². The molecule has 0 bridgehead atoms. The first kappa shape index (κ1) is 15.9. The number of aromatic hydroxyl groups is 2. The zero-order chi connectivity index (χ0) is 18.5. The summed E-state index contributed by atoms with van der Waals surface area (Å²) in [5.41, 5.74) is 4.78.